The Morgan fingerprint density at radius 3 is 2.62 bits per heavy atom. The summed E-state index contributed by atoms with van der Waals surface area (Å²) in [4.78, 5) is 0. The second-order valence-corrected chi connectivity index (χ2v) is 5.05. The van der Waals surface area contributed by atoms with Crippen LogP contribution in [0.3, 0.4) is 0 Å². The molecule has 1 aliphatic rings. The Labute approximate surface area is 95.6 Å². The first-order valence-corrected chi connectivity index (χ1v) is 5.83. The third-order valence-electron chi connectivity index (χ3n) is 3.54. The molecule has 1 saturated carbocycles. The SMILES string of the molecule is C=C(C)C1CCC(C)(OI)C(C)C1. The lowest BCUT2D eigenvalue weighted by molar-refractivity contribution is 0.0262. The Bertz CT molecular complexity index is 202. The molecule has 2 heteroatoms. The summed E-state index contributed by atoms with van der Waals surface area (Å²) in [6.07, 6.45) is 3.63. The van der Waals surface area contributed by atoms with Crippen LogP contribution in [0.2, 0.25) is 0 Å². The van der Waals surface area contributed by atoms with Gasteiger partial charge in [-0.25, -0.2) is 0 Å². The van der Waals surface area contributed by atoms with E-state index < -0.39 is 0 Å². The maximum Gasteiger partial charge on any atom is 0.110 e. The summed E-state index contributed by atoms with van der Waals surface area (Å²) in [5.74, 6) is 1.36. The Morgan fingerprint density at radius 1 is 1.62 bits per heavy atom. The minimum atomic E-state index is 0.0898. The first kappa shape index (κ1) is 11.5. The van der Waals surface area contributed by atoms with Crippen molar-refractivity contribution in [2.75, 3.05) is 0 Å². The van der Waals surface area contributed by atoms with Crippen LogP contribution >= 0.6 is 23.0 Å². The molecule has 0 aromatic rings. The van der Waals surface area contributed by atoms with Crippen molar-refractivity contribution < 1.29 is 3.07 Å². The summed E-state index contributed by atoms with van der Waals surface area (Å²) in [6, 6.07) is 0. The Balaban J connectivity index is 2.61. The summed E-state index contributed by atoms with van der Waals surface area (Å²) in [5.41, 5.74) is 1.43. The van der Waals surface area contributed by atoms with E-state index in [2.05, 4.69) is 27.4 Å². The predicted octanol–water partition coefficient (Wildman–Crippen LogP) is 4.12. The molecule has 0 bridgehead atoms. The molecule has 3 atom stereocenters. The molecule has 0 spiro atoms. The van der Waals surface area contributed by atoms with E-state index in [0.29, 0.717) is 5.92 Å². The zero-order valence-corrected chi connectivity index (χ0v) is 10.9. The summed E-state index contributed by atoms with van der Waals surface area (Å²) >= 11 is 2.04. The van der Waals surface area contributed by atoms with Crippen LogP contribution in [0.25, 0.3) is 0 Å². The van der Waals surface area contributed by atoms with Crippen LogP contribution in [0.1, 0.15) is 40.0 Å². The molecule has 0 aromatic carbocycles. The smallest absolute Gasteiger partial charge is 0.110 e. The van der Waals surface area contributed by atoms with Crippen LogP contribution in [-0.4, -0.2) is 5.60 Å². The molecule has 0 saturated heterocycles. The van der Waals surface area contributed by atoms with Gasteiger partial charge in [0.15, 0.2) is 0 Å². The lowest BCUT2D eigenvalue weighted by Gasteiger charge is -2.41. The third kappa shape index (κ3) is 2.46. The highest BCUT2D eigenvalue weighted by Gasteiger charge is 2.38. The van der Waals surface area contributed by atoms with Gasteiger partial charge in [0.1, 0.15) is 23.0 Å². The highest BCUT2D eigenvalue weighted by Crippen LogP contribution is 2.42. The molecule has 0 amide bonds. The van der Waals surface area contributed by atoms with Gasteiger partial charge in [-0.15, -0.1) is 0 Å². The molecule has 1 aliphatic carbocycles. The number of allylic oxidation sites excluding steroid dienone is 1. The topological polar surface area (TPSA) is 9.23 Å². The quantitative estimate of drug-likeness (QED) is 0.550. The molecule has 0 heterocycles. The number of rotatable bonds is 2. The molecule has 0 N–H and O–H groups in total. The van der Waals surface area contributed by atoms with E-state index in [1.54, 1.807) is 0 Å². The molecule has 0 aliphatic heterocycles. The van der Waals surface area contributed by atoms with Crippen molar-refractivity contribution in [3.63, 3.8) is 0 Å². The average molecular weight is 294 g/mol. The van der Waals surface area contributed by atoms with Crippen LogP contribution in [0.4, 0.5) is 0 Å². The minimum absolute atomic E-state index is 0.0898. The molecule has 76 valence electrons. The molecule has 0 radical (unpaired) electrons. The Kier molecular flexibility index (Phi) is 3.81. The lowest BCUT2D eigenvalue weighted by Crippen LogP contribution is -2.39. The zero-order valence-electron chi connectivity index (χ0n) is 8.77. The van der Waals surface area contributed by atoms with Crippen LogP contribution in [0, 0.1) is 11.8 Å². The fourth-order valence-corrected chi connectivity index (χ4v) is 2.72. The first-order valence-electron chi connectivity index (χ1n) is 4.94. The van der Waals surface area contributed by atoms with E-state index >= 15 is 0 Å². The van der Waals surface area contributed by atoms with E-state index in [9.17, 15) is 0 Å². The molecule has 1 nitrogen and oxygen atoms in total. The maximum atomic E-state index is 5.56. The van der Waals surface area contributed by atoms with Gasteiger partial charge in [-0.3, -0.25) is 0 Å². The van der Waals surface area contributed by atoms with Crippen molar-refractivity contribution in [3.05, 3.63) is 12.2 Å². The molecule has 13 heavy (non-hydrogen) atoms. The van der Waals surface area contributed by atoms with Gasteiger partial charge in [-0.05, 0) is 44.9 Å². The Morgan fingerprint density at radius 2 is 2.23 bits per heavy atom. The number of hydrogen-bond acceptors (Lipinski definition) is 1. The lowest BCUT2D eigenvalue weighted by atomic mass is 9.71. The van der Waals surface area contributed by atoms with E-state index in [1.807, 2.05) is 23.0 Å². The Hall–Kier alpha value is 0.430. The molecule has 1 fully saturated rings. The normalized spacial score (nSPS) is 40.3. The molecule has 0 aromatic heterocycles. The summed E-state index contributed by atoms with van der Waals surface area (Å²) in [7, 11) is 0. The van der Waals surface area contributed by atoms with E-state index in [-0.39, 0.29) is 5.60 Å². The van der Waals surface area contributed by atoms with Crippen molar-refractivity contribution in [1.82, 2.24) is 0 Å². The molecule has 1 rings (SSSR count). The summed E-state index contributed by atoms with van der Waals surface area (Å²) in [5, 5.41) is 0. The highest BCUT2D eigenvalue weighted by molar-refractivity contribution is 14.1. The zero-order chi connectivity index (χ0) is 10.1. The minimum Gasteiger partial charge on any atom is -0.309 e. The van der Waals surface area contributed by atoms with Gasteiger partial charge in [0.05, 0.1) is 5.60 Å². The van der Waals surface area contributed by atoms with E-state index in [4.69, 9.17) is 3.07 Å². The molecule has 3 unspecified atom stereocenters. The van der Waals surface area contributed by atoms with Crippen LogP contribution in [-0.2, 0) is 3.07 Å². The highest BCUT2D eigenvalue weighted by atomic mass is 127. The van der Waals surface area contributed by atoms with Gasteiger partial charge >= 0.3 is 0 Å². The van der Waals surface area contributed by atoms with E-state index in [1.165, 1.54) is 18.4 Å². The maximum absolute atomic E-state index is 5.56. The average Bonchev–Trinajstić information content (AvgIpc) is 2.09. The number of halogens is 1. The van der Waals surface area contributed by atoms with Gasteiger partial charge in [0.2, 0.25) is 0 Å². The van der Waals surface area contributed by atoms with Crippen LogP contribution in [0.15, 0.2) is 12.2 Å². The fourth-order valence-electron chi connectivity index (χ4n) is 2.06. The standard InChI is InChI=1S/C11H19IO/c1-8(2)10-5-6-11(4,13-12)9(3)7-10/h9-10H,1,5-7H2,2-4H3. The van der Waals surface area contributed by atoms with Crippen molar-refractivity contribution >= 4 is 23.0 Å². The predicted molar refractivity (Wildman–Crippen MR) is 64.8 cm³/mol. The van der Waals surface area contributed by atoms with Crippen LogP contribution in [0.5, 0.6) is 0 Å². The van der Waals surface area contributed by atoms with Gasteiger partial charge < -0.3 is 3.07 Å². The summed E-state index contributed by atoms with van der Waals surface area (Å²) in [6.45, 7) is 10.7. The van der Waals surface area contributed by atoms with Crippen molar-refractivity contribution in [1.29, 1.82) is 0 Å². The van der Waals surface area contributed by atoms with E-state index in [0.717, 1.165) is 12.3 Å². The first-order chi connectivity index (χ1) is 5.99. The van der Waals surface area contributed by atoms with Gasteiger partial charge in [-0.1, -0.05) is 19.1 Å². The van der Waals surface area contributed by atoms with Crippen molar-refractivity contribution in [3.8, 4) is 0 Å². The third-order valence-corrected chi connectivity index (χ3v) is 4.55. The molecular weight excluding hydrogens is 275 g/mol. The fraction of sp³-hybridized carbons (Fsp3) is 0.818. The second kappa shape index (κ2) is 4.30. The van der Waals surface area contributed by atoms with Crippen LogP contribution < -0.4 is 0 Å². The summed E-state index contributed by atoms with van der Waals surface area (Å²) < 4.78 is 5.56. The van der Waals surface area contributed by atoms with Gasteiger partial charge in [-0.2, -0.15) is 0 Å². The van der Waals surface area contributed by atoms with Crippen molar-refractivity contribution in [2.45, 2.75) is 45.6 Å². The van der Waals surface area contributed by atoms with Crippen molar-refractivity contribution in [2.24, 2.45) is 11.8 Å². The van der Waals surface area contributed by atoms with Gasteiger partial charge in [0, 0.05) is 0 Å². The second-order valence-electron chi connectivity index (χ2n) is 4.61. The number of hydrogen-bond donors (Lipinski definition) is 0. The molecular formula is C11H19IO. The largest absolute Gasteiger partial charge is 0.309 e. The monoisotopic (exact) mass is 294 g/mol. The van der Waals surface area contributed by atoms with Gasteiger partial charge in [0.25, 0.3) is 0 Å².